The number of hydrogen-bond acceptors (Lipinski definition) is 4. The minimum atomic E-state index is -4.50. The summed E-state index contributed by atoms with van der Waals surface area (Å²) in [6.45, 7) is -0.597. The van der Waals surface area contributed by atoms with E-state index in [0.717, 1.165) is 23.7 Å². The second-order valence-corrected chi connectivity index (χ2v) is 5.42. The van der Waals surface area contributed by atoms with Crippen LogP contribution in [0.3, 0.4) is 0 Å². The summed E-state index contributed by atoms with van der Waals surface area (Å²) in [7, 11) is 3.10. The van der Waals surface area contributed by atoms with Gasteiger partial charge in [0.15, 0.2) is 0 Å². The van der Waals surface area contributed by atoms with Crippen molar-refractivity contribution in [2.45, 2.75) is 19.2 Å². The first-order valence-corrected chi connectivity index (χ1v) is 7.39. The Morgan fingerprint density at radius 3 is 2.48 bits per heavy atom. The van der Waals surface area contributed by atoms with Crippen LogP contribution in [-0.4, -0.2) is 26.0 Å². The van der Waals surface area contributed by atoms with Crippen molar-refractivity contribution in [1.29, 1.82) is 0 Å². The normalized spacial score (nSPS) is 11.2. The first-order valence-electron chi connectivity index (χ1n) is 7.39. The minimum absolute atomic E-state index is 0.0184. The maximum atomic E-state index is 12.7. The number of rotatable bonds is 5. The molecular formula is C17H16BF3O4. The Hall–Kier alpha value is -2.48. The maximum absolute atomic E-state index is 12.7. The van der Waals surface area contributed by atoms with Gasteiger partial charge in [0.25, 0.3) is 0 Å². The van der Waals surface area contributed by atoms with Gasteiger partial charge >= 0.3 is 12.1 Å². The number of esters is 1. The second-order valence-electron chi connectivity index (χ2n) is 5.42. The lowest BCUT2D eigenvalue weighted by atomic mass is 9.89. The molecule has 0 amide bonds. The highest BCUT2D eigenvalue weighted by atomic mass is 19.4. The van der Waals surface area contributed by atoms with Crippen LogP contribution in [0.1, 0.15) is 16.7 Å². The summed E-state index contributed by atoms with van der Waals surface area (Å²) in [6, 6.07) is 7.88. The van der Waals surface area contributed by atoms with E-state index in [1.54, 1.807) is 18.2 Å². The van der Waals surface area contributed by atoms with E-state index in [4.69, 9.17) is 4.74 Å². The molecule has 0 unspecified atom stereocenters. The van der Waals surface area contributed by atoms with Crippen LogP contribution in [0.15, 0.2) is 36.4 Å². The van der Waals surface area contributed by atoms with E-state index >= 15 is 0 Å². The third-order valence-electron chi connectivity index (χ3n) is 3.67. The Morgan fingerprint density at radius 1 is 1.16 bits per heavy atom. The third-order valence-corrected chi connectivity index (χ3v) is 3.67. The number of benzene rings is 2. The predicted molar refractivity (Wildman–Crippen MR) is 87.8 cm³/mol. The van der Waals surface area contributed by atoms with Gasteiger partial charge < -0.3 is 14.6 Å². The molecule has 0 heterocycles. The van der Waals surface area contributed by atoms with Crippen LogP contribution in [0, 0.1) is 0 Å². The monoisotopic (exact) mass is 352 g/mol. The van der Waals surface area contributed by atoms with E-state index in [9.17, 15) is 23.1 Å². The van der Waals surface area contributed by atoms with Crippen molar-refractivity contribution in [2.75, 3.05) is 7.11 Å². The van der Waals surface area contributed by atoms with Gasteiger partial charge in [0, 0.05) is 5.56 Å². The fourth-order valence-electron chi connectivity index (χ4n) is 2.24. The van der Waals surface area contributed by atoms with Gasteiger partial charge in [-0.05, 0) is 35.9 Å². The Kier molecular flexibility index (Phi) is 5.74. The van der Waals surface area contributed by atoms with Crippen molar-refractivity contribution in [1.82, 2.24) is 0 Å². The van der Waals surface area contributed by atoms with E-state index in [2.05, 4.69) is 4.74 Å². The van der Waals surface area contributed by atoms with Crippen LogP contribution in [0.2, 0.25) is 0 Å². The van der Waals surface area contributed by atoms with E-state index in [-0.39, 0.29) is 17.7 Å². The summed E-state index contributed by atoms with van der Waals surface area (Å²) in [6.07, 6.45) is -4.45. The Labute approximate surface area is 143 Å². The summed E-state index contributed by atoms with van der Waals surface area (Å²) in [4.78, 5) is 11.4. The lowest BCUT2D eigenvalue weighted by Gasteiger charge is -2.14. The van der Waals surface area contributed by atoms with Crippen molar-refractivity contribution in [3.63, 3.8) is 0 Å². The number of halogens is 3. The van der Waals surface area contributed by atoms with Crippen molar-refractivity contribution in [3.8, 4) is 11.5 Å². The second kappa shape index (κ2) is 7.61. The molecule has 2 aromatic carbocycles. The molecule has 0 atom stereocenters. The number of ether oxygens (including phenoxy) is 2. The van der Waals surface area contributed by atoms with E-state index in [1.165, 1.54) is 7.11 Å². The molecule has 0 aromatic heterocycles. The fraction of sp³-hybridized carbons (Fsp3) is 0.235. The first kappa shape index (κ1) is 18.9. The van der Waals surface area contributed by atoms with Gasteiger partial charge in [0.1, 0.15) is 19.3 Å². The smallest absolute Gasteiger partial charge is 0.416 e. The maximum Gasteiger partial charge on any atom is 0.416 e. The summed E-state index contributed by atoms with van der Waals surface area (Å²) >= 11 is 0. The van der Waals surface area contributed by atoms with Crippen LogP contribution in [0.5, 0.6) is 11.5 Å². The molecule has 0 aliphatic heterocycles. The SMILES string of the molecule is Bc1ccc(Oc2ccc(C(F)(F)F)cc2CO)cc1CC(=O)OC. The Bertz CT molecular complexity index is 775. The van der Waals surface area contributed by atoms with E-state index in [1.807, 2.05) is 7.85 Å². The molecule has 0 aliphatic rings. The van der Waals surface area contributed by atoms with Gasteiger partial charge in [0.2, 0.25) is 0 Å². The van der Waals surface area contributed by atoms with Crippen molar-refractivity contribution in [2.24, 2.45) is 0 Å². The van der Waals surface area contributed by atoms with Gasteiger partial charge in [-0.2, -0.15) is 13.2 Å². The van der Waals surface area contributed by atoms with Gasteiger partial charge in [-0.1, -0.05) is 11.5 Å². The van der Waals surface area contributed by atoms with Gasteiger partial charge in [0.05, 0.1) is 25.7 Å². The van der Waals surface area contributed by atoms with Gasteiger partial charge in [-0.25, -0.2) is 0 Å². The number of carbonyl (C=O) groups excluding carboxylic acids is 1. The van der Waals surface area contributed by atoms with Crippen molar-refractivity contribution in [3.05, 3.63) is 53.1 Å². The molecule has 8 heteroatoms. The average Bonchev–Trinajstić information content (AvgIpc) is 2.57. The Morgan fingerprint density at radius 2 is 1.88 bits per heavy atom. The molecule has 0 radical (unpaired) electrons. The lowest BCUT2D eigenvalue weighted by Crippen LogP contribution is -2.15. The van der Waals surface area contributed by atoms with Crippen LogP contribution >= 0.6 is 0 Å². The summed E-state index contributed by atoms with van der Waals surface area (Å²) in [5, 5.41) is 9.33. The molecule has 2 aromatic rings. The zero-order chi connectivity index (χ0) is 18.6. The topological polar surface area (TPSA) is 55.8 Å². The molecule has 0 saturated heterocycles. The van der Waals surface area contributed by atoms with Crippen LogP contribution in [0.25, 0.3) is 0 Å². The lowest BCUT2D eigenvalue weighted by molar-refractivity contribution is -0.140. The highest BCUT2D eigenvalue weighted by Gasteiger charge is 2.31. The molecule has 0 saturated carbocycles. The molecule has 132 valence electrons. The zero-order valence-corrected chi connectivity index (χ0v) is 13.7. The van der Waals surface area contributed by atoms with Crippen molar-refractivity contribution >= 4 is 19.3 Å². The molecule has 0 aliphatic carbocycles. The highest BCUT2D eigenvalue weighted by Crippen LogP contribution is 2.34. The Balaban J connectivity index is 2.30. The standard InChI is InChI=1S/C17H16BF3O4/c1-24-16(23)8-10-7-13(3-4-14(10)18)25-15-5-2-12(17(19,20)21)6-11(15)9-22/h2-7,22H,8-9,18H2,1H3. The number of methoxy groups -OCH3 is 1. The quantitative estimate of drug-likeness (QED) is 0.660. The summed E-state index contributed by atoms with van der Waals surface area (Å²) in [5.74, 6) is 0.0492. The number of hydrogen-bond donors (Lipinski definition) is 1. The number of aliphatic hydroxyl groups is 1. The predicted octanol–water partition coefficient (Wildman–Crippen LogP) is 1.96. The van der Waals surface area contributed by atoms with Crippen molar-refractivity contribution < 1.29 is 32.5 Å². The number of carbonyl (C=O) groups is 1. The molecule has 0 spiro atoms. The molecular weight excluding hydrogens is 336 g/mol. The largest absolute Gasteiger partial charge is 0.469 e. The fourth-order valence-corrected chi connectivity index (χ4v) is 2.24. The first-order chi connectivity index (χ1) is 11.7. The number of alkyl halides is 3. The molecule has 2 rings (SSSR count). The average molecular weight is 352 g/mol. The highest BCUT2D eigenvalue weighted by molar-refractivity contribution is 6.33. The minimum Gasteiger partial charge on any atom is -0.469 e. The van der Waals surface area contributed by atoms with Crippen LogP contribution in [-0.2, 0) is 28.7 Å². The van der Waals surface area contributed by atoms with Crippen LogP contribution in [0.4, 0.5) is 13.2 Å². The van der Waals surface area contributed by atoms with E-state index < -0.39 is 24.3 Å². The summed E-state index contributed by atoms with van der Waals surface area (Å²) in [5.41, 5.74) is 0.693. The summed E-state index contributed by atoms with van der Waals surface area (Å²) < 4.78 is 48.5. The number of aliphatic hydroxyl groups excluding tert-OH is 1. The zero-order valence-electron chi connectivity index (χ0n) is 13.7. The van der Waals surface area contributed by atoms with Crippen LogP contribution < -0.4 is 10.2 Å². The molecule has 4 nitrogen and oxygen atoms in total. The molecule has 1 N–H and O–H groups in total. The molecule has 0 bridgehead atoms. The van der Waals surface area contributed by atoms with Gasteiger partial charge in [-0.3, -0.25) is 4.79 Å². The van der Waals surface area contributed by atoms with Gasteiger partial charge in [-0.15, -0.1) is 0 Å². The molecule has 25 heavy (non-hydrogen) atoms. The van der Waals surface area contributed by atoms with E-state index in [0.29, 0.717) is 11.3 Å². The molecule has 0 fully saturated rings. The third kappa shape index (κ3) is 4.76.